The Morgan fingerprint density at radius 2 is 2.00 bits per heavy atom. The van der Waals surface area contributed by atoms with Crippen molar-refractivity contribution in [3.05, 3.63) is 58.8 Å². The quantitative estimate of drug-likeness (QED) is 0.623. The molecule has 1 aromatic heterocycles. The van der Waals surface area contributed by atoms with Crippen LogP contribution in [0.1, 0.15) is 5.76 Å². The van der Waals surface area contributed by atoms with Crippen molar-refractivity contribution in [1.82, 2.24) is 5.32 Å². The van der Waals surface area contributed by atoms with E-state index in [1.807, 2.05) is 18.2 Å². The summed E-state index contributed by atoms with van der Waals surface area (Å²) in [6, 6.07) is 9.18. The van der Waals surface area contributed by atoms with E-state index in [0.717, 1.165) is 23.6 Å². The van der Waals surface area contributed by atoms with Crippen LogP contribution in [0.4, 0.5) is 0 Å². The minimum Gasteiger partial charge on any atom is -0.460 e. The van der Waals surface area contributed by atoms with Gasteiger partial charge in [0.25, 0.3) is 0 Å². The number of furan rings is 1. The SMILES string of the molecule is C=CCNCc1ccc(-c2ccc(Cl)cc2Cl)o1.Cl. The summed E-state index contributed by atoms with van der Waals surface area (Å²) in [6.07, 6.45) is 1.81. The predicted molar refractivity (Wildman–Crippen MR) is 83.3 cm³/mol. The molecular weight excluding hydrogens is 305 g/mol. The molecule has 102 valence electrons. The minimum absolute atomic E-state index is 0. The van der Waals surface area contributed by atoms with Crippen LogP contribution in [-0.2, 0) is 6.54 Å². The maximum atomic E-state index is 6.13. The Hall–Kier alpha value is -0.930. The van der Waals surface area contributed by atoms with Crippen LogP contribution in [-0.4, -0.2) is 6.54 Å². The first-order valence-corrected chi connectivity index (χ1v) is 6.32. The van der Waals surface area contributed by atoms with Gasteiger partial charge in [-0.2, -0.15) is 0 Å². The maximum Gasteiger partial charge on any atom is 0.135 e. The Kier molecular flexibility index (Phi) is 6.46. The van der Waals surface area contributed by atoms with E-state index >= 15 is 0 Å². The summed E-state index contributed by atoms with van der Waals surface area (Å²) in [4.78, 5) is 0. The standard InChI is InChI=1S/C14H13Cl2NO.ClH/c1-2-7-17-9-11-4-6-14(18-11)12-5-3-10(15)8-13(12)16;/h2-6,8,17H,1,7,9H2;1H. The molecule has 0 amide bonds. The summed E-state index contributed by atoms with van der Waals surface area (Å²) in [6.45, 7) is 5.05. The van der Waals surface area contributed by atoms with Gasteiger partial charge in [-0.05, 0) is 30.3 Å². The largest absolute Gasteiger partial charge is 0.460 e. The van der Waals surface area contributed by atoms with E-state index in [1.54, 1.807) is 18.2 Å². The van der Waals surface area contributed by atoms with Crippen LogP contribution >= 0.6 is 35.6 Å². The Bertz CT molecular complexity index is 551. The smallest absolute Gasteiger partial charge is 0.135 e. The lowest BCUT2D eigenvalue weighted by atomic mass is 10.2. The fourth-order valence-corrected chi connectivity index (χ4v) is 2.11. The van der Waals surface area contributed by atoms with Gasteiger partial charge in [-0.1, -0.05) is 29.3 Å². The van der Waals surface area contributed by atoms with Crippen LogP contribution in [0.15, 0.2) is 47.4 Å². The third-order valence-electron chi connectivity index (χ3n) is 2.45. The first kappa shape index (κ1) is 16.1. The second-order valence-electron chi connectivity index (χ2n) is 3.81. The zero-order valence-corrected chi connectivity index (χ0v) is 12.5. The highest BCUT2D eigenvalue weighted by atomic mass is 35.5. The van der Waals surface area contributed by atoms with Crippen LogP contribution in [0.2, 0.25) is 10.0 Å². The monoisotopic (exact) mass is 317 g/mol. The molecular formula is C14H14Cl3NO. The number of halogens is 3. The molecule has 1 N–H and O–H groups in total. The van der Waals surface area contributed by atoms with Gasteiger partial charge in [0.1, 0.15) is 11.5 Å². The molecule has 2 nitrogen and oxygen atoms in total. The second-order valence-corrected chi connectivity index (χ2v) is 4.65. The fourth-order valence-electron chi connectivity index (χ4n) is 1.60. The summed E-state index contributed by atoms with van der Waals surface area (Å²) in [5.74, 6) is 1.60. The van der Waals surface area contributed by atoms with Gasteiger partial charge in [-0.15, -0.1) is 19.0 Å². The zero-order valence-electron chi connectivity index (χ0n) is 10.2. The van der Waals surface area contributed by atoms with E-state index in [2.05, 4.69) is 11.9 Å². The summed E-state index contributed by atoms with van der Waals surface area (Å²) in [5, 5.41) is 4.37. The summed E-state index contributed by atoms with van der Waals surface area (Å²) < 4.78 is 5.71. The molecule has 2 aromatic rings. The molecule has 0 saturated heterocycles. The van der Waals surface area contributed by atoms with E-state index < -0.39 is 0 Å². The van der Waals surface area contributed by atoms with E-state index in [4.69, 9.17) is 27.6 Å². The lowest BCUT2D eigenvalue weighted by Gasteiger charge is -2.02. The first-order valence-electron chi connectivity index (χ1n) is 5.56. The average molecular weight is 319 g/mol. The Morgan fingerprint density at radius 1 is 1.21 bits per heavy atom. The molecule has 0 aliphatic rings. The Labute approximate surface area is 128 Å². The van der Waals surface area contributed by atoms with Crippen LogP contribution in [0.25, 0.3) is 11.3 Å². The summed E-state index contributed by atoms with van der Waals surface area (Å²) >= 11 is 12.0. The van der Waals surface area contributed by atoms with Gasteiger partial charge in [0.05, 0.1) is 11.6 Å². The average Bonchev–Trinajstić information content (AvgIpc) is 2.78. The van der Waals surface area contributed by atoms with Gasteiger partial charge in [0.15, 0.2) is 0 Å². The highest BCUT2D eigenvalue weighted by Crippen LogP contribution is 2.31. The molecule has 0 fully saturated rings. The highest BCUT2D eigenvalue weighted by molar-refractivity contribution is 6.36. The molecule has 0 aliphatic carbocycles. The number of hydrogen-bond donors (Lipinski definition) is 1. The maximum absolute atomic E-state index is 6.13. The van der Waals surface area contributed by atoms with Crippen molar-refractivity contribution in [1.29, 1.82) is 0 Å². The van der Waals surface area contributed by atoms with Gasteiger partial charge in [-0.3, -0.25) is 0 Å². The molecule has 19 heavy (non-hydrogen) atoms. The van der Waals surface area contributed by atoms with E-state index in [1.165, 1.54) is 0 Å². The Morgan fingerprint density at radius 3 is 2.68 bits per heavy atom. The van der Waals surface area contributed by atoms with Crippen LogP contribution in [0.5, 0.6) is 0 Å². The van der Waals surface area contributed by atoms with Gasteiger partial charge in [-0.25, -0.2) is 0 Å². The number of rotatable bonds is 5. The molecule has 0 spiro atoms. The molecule has 0 saturated carbocycles. The van der Waals surface area contributed by atoms with E-state index in [0.29, 0.717) is 16.6 Å². The first-order chi connectivity index (χ1) is 8.70. The van der Waals surface area contributed by atoms with Gasteiger partial charge in [0.2, 0.25) is 0 Å². The summed E-state index contributed by atoms with van der Waals surface area (Å²) in [7, 11) is 0. The van der Waals surface area contributed by atoms with Gasteiger partial charge < -0.3 is 9.73 Å². The molecule has 1 heterocycles. The number of hydrogen-bond acceptors (Lipinski definition) is 2. The topological polar surface area (TPSA) is 25.2 Å². The fraction of sp³-hybridized carbons (Fsp3) is 0.143. The molecule has 5 heteroatoms. The molecule has 0 atom stereocenters. The van der Waals surface area contributed by atoms with Gasteiger partial charge >= 0.3 is 0 Å². The van der Waals surface area contributed by atoms with Crippen molar-refractivity contribution in [2.45, 2.75) is 6.54 Å². The molecule has 0 unspecified atom stereocenters. The van der Waals surface area contributed by atoms with Crippen molar-refractivity contribution < 1.29 is 4.42 Å². The highest BCUT2D eigenvalue weighted by Gasteiger charge is 2.08. The van der Waals surface area contributed by atoms with Crippen LogP contribution < -0.4 is 5.32 Å². The third-order valence-corrected chi connectivity index (χ3v) is 2.99. The van der Waals surface area contributed by atoms with Crippen molar-refractivity contribution in [2.24, 2.45) is 0 Å². The molecule has 2 rings (SSSR count). The summed E-state index contributed by atoms with van der Waals surface area (Å²) in [5.41, 5.74) is 0.844. The number of benzene rings is 1. The lowest BCUT2D eigenvalue weighted by Crippen LogP contribution is -2.11. The van der Waals surface area contributed by atoms with Gasteiger partial charge in [0, 0.05) is 17.1 Å². The predicted octanol–water partition coefficient (Wildman–Crippen LogP) is 4.95. The molecule has 1 aromatic carbocycles. The van der Waals surface area contributed by atoms with E-state index in [9.17, 15) is 0 Å². The van der Waals surface area contributed by atoms with Crippen molar-refractivity contribution in [3.63, 3.8) is 0 Å². The Balaban J connectivity index is 0.00000180. The molecule has 0 aliphatic heterocycles. The lowest BCUT2D eigenvalue weighted by molar-refractivity contribution is 0.502. The zero-order chi connectivity index (χ0) is 13.0. The third kappa shape index (κ3) is 4.29. The normalized spacial score (nSPS) is 10.0. The van der Waals surface area contributed by atoms with Crippen molar-refractivity contribution in [2.75, 3.05) is 6.54 Å². The second kappa shape index (κ2) is 7.61. The number of nitrogens with one attached hydrogen (secondary N) is 1. The van der Waals surface area contributed by atoms with E-state index in [-0.39, 0.29) is 12.4 Å². The van der Waals surface area contributed by atoms with Crippen LogP contribution in [0, 0.1) is 0 Å². The minimum atomic E-state index is 0. The van der Waals surface area contributed by atoms with Crippen LogP contribution in [0.3, 0.4) is 0 Å². The van der Waals surface area contributed by atoms with Crippen molar-refractivity contribution >= 4 is 35.6 Å². The van der Waals surface area contributed by atoms with Crippen molar-refractivity contribution in [3.8, 4) is 11.3 Å². The molecule has 0 radical (unpaired) electrons. The molecule has 0 bridgehead atoms.